The van der Waals surface area contributed by atoms with Crippen LogP contribution in [0.5, 0.6) is 0 Å². The van der Waals surface area contributed by atoms with E-state index in [-0.39, 0.29) is 0 Å². The number of hydrogen-bond acceptors (Lipinski definition) is 10. The zero-order valence-corrected chi connectivity index (χ0v) is 25.2. The predicted octanol–water partition coefficient (Wildman–Crippen LogP) is 9.14. The number of methoxy groups -OCH3 is 1. The van der Waals surface area contributed by atoms with Crippen LogP contribution in [0.2, 0.25) is 0 Å². The monoisotopic (exact) mass is 568 g/mol. The molecule has 0 aliphatic carbocycles. The average Bonchev–Trinajstić information content (AvgIpc) is 3.51. The zero-order valence-electron chi connectivity index (χ0n) is 17.8. The molecule has 0 fully saturated rings. The number of thioether (sulfide) groups is 6. The first-order valence-corrected chi connectivity index (χ1v) is 18.5. The van der Waals surface area contributed by atoms with E-state index >= 15 is 0 Å². The number of hydrogen-bond donors (Lipinski definition) is 0. The van der Waals surface area contributed by atoms with Crippen LogP contribution in [0.4, 0.5) is 0 Å². The normalized spacial score (nSPS) is 12.1. The summed E-state index contributed by atoms with van der Waals surface area (Å²) in [6.07, 6.45) is 13.0. The van der Waals surface area contributed by atoms with E-state index in [1.54, 1.807) is 0 Å². The Kier molecular flexibility index (Phi) is 9.91. The fourth-order valence-electron chi connectivity index (χ4n) is 3.32. The maximum absolute atomic E-state index is 6.65. The molecule has 0 aliphatic heterocycles. The molecule has 0 aliphatic rings. The molecule has 0 saturated heterocycles. The van der Waals surface area contributed by atoms with Crippen LogP contribution in [0.15, 0.2) is 43.5 Å². The van der Waals surface area contributed by atoms with Crippen LogP contribution in [-0.4, -0.2) is 44.6 Å². The van der Waals surface area contributed by atoms with Gasteiger partial charge in [0.1, 0.15) is 5.60 Å². The molecule has 30 heavy (non-hydrogen) atoms. The van der Waals surface area contributed by atoms with Crippen LogP contribution in [-0.2, 0) is 10.3 Å². The van der Waals surface area contributed by atoms with Crippen LogP contribution in [0.3, 0.4) is 0 Å². The van der Waals surface area contributed by atoms with E-state index in [0.29, 0.717) is 0 Å². The fraction of sp³-hybridized carbons (Fsp3) is 0.400. The Bertz CT molecular complexity index is 863. The highest BCUT2D eigenvalue weighted by atomic mass is 32.2. The second-order valence-electron chi connectivity index (χ2n) is 5.91. The minimum absolute atomic E-state index is 0.617. The molecule has 0 unspecified atom stereocenters. The summed E-state index contributed by atoms with van der Waals surface area (Å²) >= 11 is 16.5. The second-order valence-corrected chi connectivity index (χ2v) is 15.6. The molecule has 0 spiro atoms. The maximum atomic E-state index is 6.65. The Balaban J connectivity index is 2.44. The molecule has 0 atom stereocenters. The first-order valence-electron chi connectivity index (χ1n) is 8.74. The molecule has 0 aromatic carbocycles. The van der Waals surface area contributed by atoms with Gasteiger partial charge in [0.2, 0.25) is 0 Å². The lowest BCUT2D eigenvalue weighted by Crippen LogP contribution is -2.32. The summed E-state index contributed by atoms with van der Waals surface area (Å²) in [5.41, 5.74) is 3.20. The number of ether oxygens (including phenoxy) is 1. The van der Waals surface area contributed by atoms with Gasteiger partial charge in [0, 0.05) is 23.8 Å². The smallest absolute Gasteiger partial charge is 0.149 e. The lowest BCUT2D eigenvalue weighted by Gasteiger charge is -2.34. The third-order valence-electron chi connectivity index (χ3n) is 4.63. The summed E-state index contributed by atoms with van der Waals surface area (Å²) in [5.74, 6) is 0. The topological polar surface area (TPSA) is 9.23 Å². The molecular formula is C20H24OS9. The first kappa shape index (κ1) is 25.8. The van der Waals surface area contributed by atoms with Gasteiger partial charge in [-0.1, -0.05) is 0 Å². The third-order valence-corrected chi connectivity index (χ3v) is 14.6. The van der Waals surface area contributed by atoms with Crippen molar-refractivity contribution in [3.8, 4) is 0 Å². The highest BCUT2D eigenvalue weighted by Crippen LogP contribution is 2.56. The SMILES string of the molecule is COC(c1cc(SC)sc1SC)(c1cc(SC)sc1SC)c1cc(SC)sc1SC. The average molecular weight is 569 g/mol. The molecule has 3 heterocycles. The highest BCUT2D eigenvalue weighted by Gasteiger charge is 2.44. The van der Waals surface area contributed by atoms with Gasteiger partial charge in [0.25, 0.3) is 0 Å². The van der Waals surface area contributed by atoms with Gasteiger partial charge in [-0.2, -0.15) is 0 Å². The molecular weight excluding hydrogens is 545 g/mol. The Morgan fingerprint density at radius 1 is 0.567 bits per heavy atom. The van der Waals surface area contributed by atoms with Crippen LogP contribution < -0.4 is 0 Å². The molecule has 10 heteroatoms. The van der Waals surface area contributed by atoms with Crippen molar-refractivity contribution in [3.05, 3.63) is 34.9 Å². The van der Waals surface area contributed by atoms with E-state index < -0.39 is 5.60 Å². The van der Waals surface area contributed by atoms with E-state index in [9.17, 15) is 0 Å². The number of rotatable bonds is 10. The molecule has 1 nitrogen and oxygen atoms in total. The van der Waals surface area contributed by atoms with Crippen molar-refractivity contribution >= 4 is 105 Å². The number of thiophene rings is 3. The largest absolute Gasteiger partial charge is 0.364 e. The lowest BCUT2D eigenvalue weighted by molar-refractivity contribution is 0.0534. The highest BCUT2D eigenvalue weighted by molar-refractivity contribution is 8.03. The van der Waals surface area contributed by atoms with Gasteiger partial charge in [-0.3, -0.25) is 0 Å². The van der Waals surface area contributed by atoms with Crippen molar-refractivity contribution in [2.24, 2.45) is 0 Å². The molecule has 0 saturated carbocycles. The van der Waals surface area contributed by atoms with Gasteiger partial charge in [-0.05, 0) is 55.7 Å². The van der Waals surface area contributed by atoms with Crippen LogP contribution in [0.25, 0.3) is 0 Å². The van der Waals surface area contributed by atoms with Crippen molar-refractivity contribution < 1.29 is 4.74 Å². The van der Waals surface area contributed by atoms with Crippen molar-refractivity contribution in [1.82, 2.24) is 0 Å². The molecule has 0 N–H and O–H groups in total. The molecule has 3 aromatic heterocycles. The summed E-state index contributed by atoms with van der Waals surface area (Å²) in [7, 11) is 1.88. The molecule has 3 aromatic rings. The lowest BCUT2D eigenvalue weighted by atomic mass is 9.84. The van der Waals surface area contributed by atoms with E-state index in [4.69, 9.17) is 4.74 Å². The fourth-order valence-corrected chi connectivity index (χ4v) is 11.3. The summed E-state index contributed by atoms with van der Waals surface area (Å²) in [5, 5.41) is 0. The van der Waals surface area contributed by atoms with Crippen molar-refractivity contribution in [2.75, 3.05) is 44.6 Å². The van der Waals surface area contributed by atoms with Crippen molar-refractivity contribution in [1.29, 1.82) is 0 Å². The summed E-state index contributed by atoms with van der Waals surface area (Å²) in [6.45, 7) is 0. The summed E-state index contributed by atoms with van der Waals surface area (Å²) < 4.78 is 14.6. The van der Waals surface area contributed by atoms with E-state index in [1.807, 2.05) is 112 Å². The second kappa shape index (κ2) is 11.5. The zero-order chi connectivity index (χ0) is 21.9. The molecule has 0 bridgehead atoms. The quantitative estimate of drug-likeness (QED) is 0.223. The van der Waals surface area contributed by atoms with E-state index in [1.165, 1.54) is 41.9 Å². The first-order chi connectivity index (χ1) is 14.5. The van der Waals surface area contributed by atoms with Gasteiger partial charge in [-0.25, -0.2) is 0 Å². The summed E-state index contributed by atoms with van der Waals surface area (Å²) in [4.78, 5) is 0. The van der Waals surface area contributed by atoms with Crippen molar-refractivity contribution in [2.45, 2.75) is 30.9 Å². The maximum Gasteiger partial charge on any atom is 0.149 e. The van der Waals surface area contributed by atoms with E-state index in [2.05, 4.69) is 55.7 Å². The molecule has 0 amide bonds. The molecule has 0 radical (unpaired) electrons. The Labute approximate surface area is 217 Å². The minimum Gasteiger partial charge on any atom is -0.364 e. The Morgan fingerprint density at radius 2 is 0.867 bits per heavy atom. The van der Waals surface area contributed by atoms with E-state index in [0.717, 1.165) is 0 Å². The van der Waals surface area contributed by atoms with Crippen LogP contribution >= 0.6 is 105 Å². The Hall–Kier alpha value is 1.16. The molecule has 3 rings (SSSR count). The Morgan fingerprint density at radius 3 is 1.07 bits per heavy atom. The predicted molar refractivity (Wildman–Crippen MR) is 151 cm³/mol. The summed E-state index contributed by atoms with van der Waals surface area (Å²) in [6, 6.07) is 7.06. The molecule has 164 valence electrons. The van der Waals surface area contributed by atoms with Gasteiger partial charge in [0.15, 0.2) is 0 Å². The van der Waals surface area contributed by atoms with Crippen molar-refractivity contribution in [3.63, 3.8) is 0 Å². The van der Waals surface area contributed by atoms with Gasteiger partial charge in [0.05, 0.1) is 25.3 Å². The van der Waals surface area contributed by atoms with Crippen LogP contribution in [0.1, 0.15) is 16.7 Å². The third kappa shape index (κ3) is 4.70. The minimum atomic E-state index is -0.617. The standard InChI is InChI=1S/C20H24OS9/c1-21-20(11-8-14(22-2)28-17(11)25-5,12-9-15(23-3)29-18(12)26-6)13-10-16(24-4)30-19(13)27-7/h8-10H,1-7H3. The van der Waals surface area contributed by atoms with Gasteiger partial charge in [-0.15, -0.1) is 105 Å². The van der Waals surface area contributed by atoms with Gasteiger partial charge >= 0.3 is 0 Å². The van der Waals surface area contributed by atoms with Gasteiger partial charge < -0.3 is 4.74 Å². The van der Waals surface area contributed by atoms with Crippen LogP contribution in [0, 0.1) is 0 Å².